The molecule has 0 spiro atoms. The zero-order valence-electron chi connectivity index (χ0n) is 12.3. The van der Waals surface area contributed by atoms with Crippen LogP contribution in [0.2, 0.25) is 0 Å². The van der Waals surface area contributed by atoms with Crippen molar-refractivity contribution in [3.05, 3.63) is 91.0 Å². The summed E-state index contributed by atoms with van der Waals surface area (Å²) in [6.45, 7) is 0. The van der Waals surface area contributed by atoms with Crippen molar-refractivity contribution in [2.75, 3.05) is 6.35 Å². The van der Waals surface area contributed by atoms with E-state index in [1.54, 1.807) is 0 Å². The van der Waals surface area contributed by atoms with Crippen LogP contribution in [0.4, 0.5) is 0 Å². The zero-order chi connectivity index (χ0) is 15.3. The Kier molecular flexibility index (Phi) is 4.65. The molecule has 0 bridgehead atoms. The summed E-state index contributed by atoms with van der Waals surface area (Å²) in [7, 11) is -1.90. The van der Waals surface area contributed by atoms with E-state index in [9.17, 15) is 0 Å². The molecule has 0 heterocycles. The fourth-order valence-electron chi connectivity index (χ4n) is 2.83. The number of benzene rings is 3. The monoisotopic (exact) mass is 308 g/mol. The minimum atomic E-state index is -1.90. The van der Waals surface area contributed by atoms with Crippen LogP contribution in [0.5, 0.6) is 0 Å². The molecule has 0 unspecified atom stereocenters. The SMILES string of the molecule is NOC[P+](c1ccccc1)(c1ccccc1)c1ccccc1. The first-order valence-electron chi connectivity index (χ1n) is 7.24. The highest BCUT2D eigenvalue weighted by Gasteiger charge is 2.45. The van der Waals surface area contributed by atoms with Crippen molar-refractivity contribution in [1.82, 2.24) is 0 Å². The number of hydrogen-bond donors (Lipinski definition) is 1. The third kappa shape index (κ3) is 2.69. The van der Waals surface area contributed by atoms with Gasteiger partial charge in [-0.1, -0.05) is 54.6 Å². The summed E-state index contributed by atoms with van der Waals surface area (Å²) in [5, 5.41) is 3.83. The van der Waals surface area contributed by atoms with Crippen molar-refractivity contribution >= 4 is 23.2 Å². The minimum absolute atomic E-state index is 0.491. The highest BCUT2D eigenvalue weighted by atomic mass is 31.2. The lowest BCUT2D eigenvalue weighted by molar-refractivity contribution is 0.186. The average molecular weight is 308 g/mol. The number of nitrogens with two attached hydrogens (primary N) is 1. The van der Waals surface area contributed by atoms with Crippen molar-refractivity contribution in [3.8, 4) is 0 Å². The Morgan fingerprint density at radius 2 is 0.909 bits per heavy atom. The van der Waals surface area contributed by atoms with E-state index in [4.69, 9.17) is 10.7 Å². The predicted octanol–water partition coefficient (Wildman–Crippen LogP) is 2.83. The Morgan fingerprint density at radius 3 is 1.18 bits per heavy atom. The summed E-state index contributed by atoms with van der Waals surface area (Å²) in [6, 6.07) is 31.6. The molecule has 0 radical (unpaired) electrons. The Balaban J connectivity index is 2.29. The Bertz CT molecular complexity index is 605. The lowest BCUT2D eigenvalue weighted by Gasteiger charge is -2.26. The first-order chi connectivity index (χ1) is 10.9. The van der Waals surface area contributed by atoms with Gasteiger partial charge in [-0.3, -0.25) is 4.84 Å². The normalized spacial score (nSPS) is 11.3. The van der Waals surface area contributed by atoms with Gasteiger partial charge in [-0.2, -0.15) is 0 Å². The van der Waals surface area contributed by atoms with Gasteiger partial charge in [-0.15, -0.1) is 0 Å². The zero-order valence-corrected chi connectivity index (χ0v) is 13.2. The predicted molar refractivity (Wildman–Crippen MR) is 95.3 cm³/mol. The first kappa shape index (κ1) is 14.9. The molecule has 0 fully saturated rings. The maximum Gasteiger partial charge on any atom is 0.189 e. The van der Waals surface area contributed by atoms with E-state index in [2.05, 4.69) is 72.8 Å². The molecule has 0 atom stereocenters. The molecule has 22 heavy (non-hydrogen) atoms. The van der Waals surface area contributed by atoms with E-state index in [0.29, 0.717) is 6.35 Å². The molecule has 0 aliphatic heterocycles. The topological polar surface area (TPSA) is 35.2 Å². The van der Waals surface area contributed by atoms with E-state index in [0.717, 1.165) is 0 Å². The molecule has 2 nitrogen and oxygen atoms in total. The molecule has 110 valence electrons. The van der Waals surface area contributed by atoms with Gasteiger partial charge in [-0.05, 0) is 36.4 Å². The summed E-state index contributed by atoms with van der Waals surface area (Å²) in [5.74, 6) is 5.55. The third-order valence-electron chi connectivity index (χ3n) is 3.86. The number of hydrogen-bond acceptors (Lipinski definition) is 2. The molecule has 0 aliphatic carbocycles. The van der Waals surface area contributed by atoms with Crippen molar-refractivity contribution in [2.24, 2.45) is 5.90 Å². The first-order valence-corrected chi connectivity index (χ1v) is 9.22. The van der Waals surface area contributed by atoms with Crippen LogP contribution in [-0.4, -0.2) is 6.35 Å². The molecule has 0 saturated heterocycles. The van der Waals surface area contributed by atoms with Gasteiger partial charge < -0.3 is 0 Å². The van der Waals surface area contributed by atoms with Crippen LogP contribution < -0.4 is 21.8 Å². The maximum absolute atomic E-state index is 5.55. The van der Waals surface area contributed by atoms with E-state index in [1.807, 2.05) is 18.2 Å². The van der Waals surface area contributed by atoms with Gasteiger partial charge in [0.15, 0.2) is 6.35 Å². The molecule has 3 heteroatoms. The van der Waals surface area contributed by atoms with Gasteiger partial charge in [0.05, 0.1) is 0 Å². The molecule has 3 aromatic carbocycles. The fourth-order valence-corrected chi connectivity index (χ4v) is 6.44. The van der Waals surface area contributed by atoms with Crippen LogP contribution in [0, 0.1) is 0 Å². The van der Waals surface area contributed by atoms with E-state index in [1.165, 1.54) is 15.9 Å². The van der Waals surface area contributed by atoms with Crippen LogP contribution in [0.25, 0.3) is 0 Å². The third-order valence-corrected chi connectivity index (χ3v) is 7.93. The molecule has 0 aromatic heterocycles. The Labute approximate surface area is 131 Å². The van der Waals surface area contributed by atoms with Crippen LogP contribution in [0.15, 0.2) is 91.0 Å². The minimum Gasteiger partial charge on any atom is -0.264 e. The molecule has 2 N–H and O–H groups in total. The average Bonchev–Trinajstić information content (AvgIpc) is 2.62. The molecular formula is C19H19NOP+. The molecule has 0 aliphatic rings. The summed E-state index contributed by atoms with van der Waals surface area (Å²) in [5.41, 5.74) is 0. The quantitative estimate of drug-likeness (QED) is 0.581. The Hall–Kier alpha value is -1.99. The second-order valence-corrected chi connectivity index (χ2v) is 8.54. The lowest BCUT2D eigenvalue weighted by Crippen LogP contribution is -2.34. The van der Waals surface area contributed by atoms with E-state index in [-0.39, 0.29) is 0 Å². The Morgan fingerprint density at radius 1 is 0.591 bits per heavy atom. The second kappa shape index (κ2) is 6.85. The van der Waals surface area contributed by atoms with Crippen LogP contribution in [0.1, 0.15) is 0 Å². The lowest BCUT2D eigenvalue weighted by atomic mass is 10.4. The summed E-state index contributed by atoms with van der Waals surface area (Å²) < 4.78 is 0. The van der Waals surface area contributed by atoms with Gasteiger partial charge in [0, 0.05) is 0 Å². The molecular weight excluding hydrogens is 289 g/mol. The van der Waals surface area contributed by atoms with Gasteiger partial charge in [0.25, 0.3) is 0 Å². The summed E-state index contributed by atoms with van der Waals surface area (Å²) >= 11 is 0. The number of rotatable bonds is 5. The van der Waals surface area contributed by atoms with Crippen molar-refractivity contribution < 1.29 is 4.84 Å². The van der Waals surface area contributed by atoms with Crippen molar-refractivity contribution in [1.29, 1.82) is 0 Å². The standard InChI is InChI=1S/C19H19NOP/c20-21-16-22(17-10-4-1-5-11-17,18-12-6-2-7-13-18)19-14-8-3-9-15-19/h1-15H,16,20H2/q+1. The molecule has 3 aromatic rings. The largest absolute Gasteiger partial charge is 0.264 e. The summed E-state index contributed by atoms with van der Waals surface area (Å²) in [4.78, 5) is 5.22. The second-order valence-electron chi connectivity index (χ2n) is 5.11. The molecule has 3 rings (SSSR count). The van der Waals surface area contributed by atoms with Crippen LogP contribution in [-0.2, 0) is 4.84 Å². The van der Waals surface area contributed by atoms with Gasteiger partial charge in [0.1, 0.15) is 23.2 Å². The summed E-state index contributed by atoms with van der Waals surface area (Å²) in [6.07, 6.45) is 0.491. The fraction of sp³-hybridized carbons (Fsp3) is 0.0526. The van der Waals surface area contributed by atoms with Gasteiger partial charge >= 0.3 is 0 Å². The highest BCUT2D eigenvalue weighted by molar-refractivity contribution is 7.95. The van der Waals surface area contributed by atoms with Gasteiger partial charge in [0.2, 0.25) is 0 Å². The molecule has 0 saturated carbocycles. The van der Waals surface area contributed by atoms with Crippen molar-refractivity contribution in [3.63, 3.8) is 0 Å². The highest BCUT2D eigenvalue weighted by Crippen LogP contribution is 2.54. The van der Waals surface area contributed by atoms with Crippen LogP contribution in [0.3, 0.4) is 0 Å². The van der Waals surface area contributed by atoms with E-state index < -0.39 is 7.26 Å². The van der Waals surface area contributed by atoms with Gasteiger partial charge in [-0.25, -0.2) is 5.90 Å². The van der Waals surface area contributed by atoms with E-state index >= 15 is 0 Å². The maximum atomic E-state index is 5.55. The van der Waals surface area contributed by atoms with Crippen molar-refractivity contribution in [2.45, 2.75) is 0 Å². The molecule has 0 amide bonds. The van der Waals surface area contributed by atoms with Crippen LogP contribution >= 0.6 is 7.26 Å². The smallest absolute Gasteiger partial charge is 0.189 e.